The van der Waals surface area contributed by atoms with Crippen LogP contribution in [0, 0.1) is 18.6 Å². The Bertz CT molecular complexity index is 1510. The average Bonchev–Trinajstić information content (AvgIpc) is 2.95. The van der Waals surface area contributed by atoms with Gasteiger partial charge in [0.1, 0.15) is 30.5 Å². The second kappa shape index (κ2) is 12.0. The van der Waals surface area contributed by atoms with Gasteiger partial charge in [-0.05, 0) is 25.5 Å². The lowest BCUT2D eigenvalue weighted by Crippen LogP contribution is -2.59. The maximum Gasteiger partial charge on any atom is 0.278 e. The molecule has 0 fully saturated rings. The van der Waals surface area contributed by atoms with Gasteiger partial charge in [-0.1, -0.05) is 48.6 Å². The van der Waals surface area contributed by atoms with E-state index in [1.54, 1.807) is 48.4 Å². The van der Waals surface area contributed by atoms with E-state index in [-0.39, 0.29) is 42.4 Å². The summed E-state index contributed by atoms with van der Waals surface area (Å²) in [4.78, 5) is 42.1. The van der Waals surface area contributed by atoms with Gasteiger partial charge in [0.15, 0.2) is 11.4 Å². The second-order valence-corrected chi connectivity index (χ2v) is 9.22. The van der Waals surface area contributed by atoms with E-state index in [1.165, 1.54) is 21.8 Å². The van der Waals surface area contributed by atoms with Gasteiger partial charge in [-0.2, -0.15) is 0 Å². The number of nitrogens with zero attached hydrogens (tertiary/aromatic N) is 3. The van der Waals surface area contributed by atoms with Gasteiger partial charge in [0.05, 0.1) is 6.04 Å². The molecule has 1 aliphatic rings. The van der Waals surface area contributed by atoms with Crippen LogP contribution in [-0.2, 0) is 13.2 Å². The highest BCUT2D eigenvalue weighted by atomic mass is 19.1. The lowest BCUT2D eigenvalue weighted by atomic mass is 10.1. The molecule has 0 saturated heterocycles. The predicted octanol–water partition coefficient (Wildman–Crippen LogP) is 3.95. The maximum absolute atomic E-state index is 14.1. The molecule has 0 unspecified atom stereocenters. The number of nitrogens with one attached hydrogen (secondary N) is 1. The van der Waals surface area contributed by atoms with Gasteiger partial charge < -0.3 is 15.0 Å². The lowest BCUT2D eigenvalue weighted by molar-refractivity contribution is 0.0643. The first kappa shape index (κ1) is 28.3. The SMILES string of the molecule is [CH2][C@@H](C=C)N1CN([C@@H](C)C=C)C(=O)c2c(OCc3ccccc3)c(=O)c(C(=O)NCc3ccc(F)cc3F)cn21. The Labute approximate surface area is 230 Å². The van der Waals surface area contributed by atoms with Crippen LogP contribution in [0.15, 0.2) is 84.8 Å². The molecule has 40 heavy (non-hydrogen) atoms. The second-order valence-electron chi connectivity index (χ2n) is 9.22. The van der Waals surface area contributed by atoms with Gasteiger partial charge in [0.2, 0.25) is 5.43 Å². The first-order valence-corrected chi connectivity index (χ1v) is 12.5. The number of amides is 2. The highest BCUT2D eigenvalue weighted by Gasteiger charge is 2.37. The fourth-order valence-electron chi connectivity index (χ4n) is 4.19. The topological polar surface area (TPSA) is 83.9 Å². The number of carbonyl (C=O) groups excluding carboxylic acids is 2. The summed E-state index contributed by atoms with van der Waals surface area (Å²) in [5.41, 5.74) is -0.477. The number of fused-ring (bicyclic) bond motifs is 1. The molecule has 1 aromatic heterocycles. The Morgan fingerprint density at radius 1 is 1.12 bits per heavy atom. The molecule has 2 amide bonds. The van der Waals surface area contributed by atoms with Crippen molar-refractivity contribution in [3.8, 4) is 5.75 Å². The molecular formula is C30H29F2N4O4. The molecule has 3 aromatic rings. The predicted molar refractivity (Wildman–Crippen MR) is 147 cm³/mol. The number of hydrogen-bond donors (Lipinski definition) is 1. The summed E-state index contributed by atoms with van der Waals surface area (Å²) >= 11 is 0. The van der Waals surface area contributed by atoms with Crippen LogP contribution >= 0.6 is 0 Å². The van der Waals surface area contributed by atoms with E-state index in [0.29, 0.717) is 6.07 Å². The minimum Gasteiger partial charge on any atom is -0.482 e. The molecule has 2 aromatic carbocycles. The summed E-state index contributed by atoms with van der Waals surface area (Å²) in [7, 11) is 0. The van der Waals surface area contributed by atoms with Crippen molar-refractivity contribution in [1.29, 1.82) is 0 Å². The molecule has 4 rings (SSSR count). The average molecular weight is 548 g/mol. The van der Waals surface area contributed by atoms with E-state index in [1.807, 2.05) is 6.07 Å². The zero-order valence-corrected chi connectivity index (χ0v) is 22.0. The van der Waals surface area contributed by atoms with Crippen molar-refractivity contribution < 1.29 is 23.1 Å². The summed E-state index contributed by atoms with van der Waals surface area (Å²) in [6.45, 7) is 13.1. The quantitative estimate of drug-likeness (QED) is 0.389. The molecule has 1 N–H and O–H groups in total. The van der Waals surface area contributed by atoms with E-state index in [2.05, 4.69) is 25.4 Å². The molecule has 8 nitrogen and oxygen atoms in total. The summed E-state index contributed by atoms with van der Waals surface area (Å²) in [6.07, 6.45) is 4.38. The van der Waals surface area contributed by atoms with Crippen molar-refractivity contribution in [3.63, 3.8) is 0 Å². The monoisotopic (exact) mass is 547 g/mol. The van der Waals surface area contributed by atoms with E-state index in [4.69, 9.17) is 4.74 Å². The highest BCUT2D eigenvalue weighted by molar-refractivity contribution is 5.99. The van der Waals surface area contributed by atoms with Gasteiger partial charge in [-0.3, -0.25) is 24.1 Å². The van der Waals surface area contributed by atoms with E-state index in [9.17, 15) is 23.2 Å². The molecule has 2 atom stereocenters. The fraction of sp³-hybridized carbons (Fsp3) is 0.200. The van der Waals surface area contributed by atoms with Crippen LogP contribution in [-0.4, -0.2) is 40.1 Å². The number of benzene rings is 2. The third-order valence-electron chi connectivity index (χ3n) is 6.60. The minimum atomic E-state index is -0.839. The maximum atomic E-state index is 14.1. The van der Waals surface area contributed by atoms with Crippen LogP contribution in [0.25, 0.3) is 0 Å². The third kappa shape index (κ3) is 5.66. The smallest absolute Gasteiger partial charge is 0.278 e. The van der Waals surface area contributed by atoms with Crippen LogP contribution in [0.2, 0.25) is 0 Å². The zero-order valence-electron chi connectivity index (χ0n) is 22.0. The molecule has 0 saturated carbocycles. The van der Waals surface area contributed by atoms with E-state index in [0.717, 1.165) is 11.6 Å². The van der Waals surface area contributed by atoms with Crippen LogP contribution in [0.1, 0.15) is 38.9 Å². The normalized spacial score (nSPS) is 14.2. The Kier molecular flexibility index (Phi) is 8.47. The van der Waals surface area contributed by atoms with Gasteiger partial charge in [-0.25, -0.2) is 8.78 Å². The van der Waals surface area contributed by atoms with Crippen molar-refractivity contribution in [2.75, 3.05) is 11.7 Å². The van der Waals surface area contributed by atoms with Gasteiger partial charge >= 0.3 is 0 Å². The Balaban J connectivity index is 1.81. The van der Waals surface area contributed by atoms with Crippen LogP contribution in [0.3, 0.4) is 0 Å². The van der Waals surface area contributed by atoms with Gasteiger partial charge in [0, 0.05) is 30.4 Å². The molecule has 1 radical (unpaired) electrons. The third-order valence-corrected chi connectivity index (χ3v) is 6.60. The van der Waals surface area contributed by atoms with Crippen molar-refractivity contribution in [2.24, 2.45) is 0 Å². The largest absolute Gasteiger partial charge is 0.482 e. The molecule has 0 bridgehead atoms. The molecule has 2 heterocycles. The first-order chi connectivity index (χ1) is 19.2. The number of halogens is 2. The number of ether oxygens (including phenoxy) is 1. The Morgan fingerprint density at radius 2 is 1.85 bits per heavy atom. The molecule has 10 heteroatoms. The van der Waals surface area contributed by atoms with Crippen molar-refractivity contribution in [3.05, 3.63) is 131 Å². The summed E-state index contributed by atoms with van der Waals surface area (Å²) in [6, 6.07) is 11.0. The van der Waals surface area contributed by atoms with Gasteiger partial charge in [-0.15, -0.1) is 13.2 Å². The van der Waals surface area contributed by atoms with E-state index >= 15 is 0 Å². The van der Waals surface area contributed by atoms with Crippen molar-refractivity contribution in [1.82, 2.24) is 14.9 Å². The molecule has 0 aliphatic carbocycles. The standard InChI is InChI=1S/C30H29F2N4O4/c1-5-19(3)34-18-36(20(4)6-2)35-16-24(29(38)33-15-22-12-13-23(31)14-25(22)32)27(37)28(26(35)30(34)39)40-17-21-10-8-7-9-11-21/h5-14,16,19-20H,1-2,4,15,17-18H2,3H3,(H,33,38)/t19-,20-/m0/s1. The molecule has 1 aliphatic heterocycles. The molecule has 207 valence electrons. The number of rotatable bonds is 10. The number of carbonyl (C=O) groups is 2. The number of hydrogen-bond acceptors (Lipinski definition) is 5. The zero-order chi connectivity index (χ0) is 29.0. The lowest BCUT2D eigenvalue weighted by Gasteiger charge is -2.43. The summed E-state index contributed by atoms with van der Waals surface area (Å²) in [5.74, 6) is -3.25. The molecule has 0 spiro atoms. The summed E-state index contributed by atoms with van der Waals surface area (Å²) < 4.78 is 34.7. The molecular weight excluding hydrogens is 518 g/mol. The van der Waals surface area contributed by atoms with Crippen molar-refractivity contribution >= 4 is 11.8 Å². The fourth-order valence-corrected chi connectivity index (χ4v) is 4.19. The number of aromatic nitrogens is 1. The first-order valence-electron chi connectivity index (χ1n) is 12.5. The Morgan fingerprint density at radius 3 is 2.50 bits per heavy atom. The number of pyridine rings is 1. The van der Waals surface area contributed by atoms with Crippen LogP contribution in [0.5, 0.6) is 5.75 Å². The summed E-state index contributed by atoms with van der Waals surface area (Å²) in [5, 5.41) is 4.14. The highest BCUT2D eigenvalue weighted by Crippen LogP contribution is 2.26. The van der Waals surface area contributed by atoms with E-state index < -0.39 is 41.0 Å². The van der Waals surface area contributed by atoms with Gasteiger partial charge in [0.25, 0.3) is 11.8 Å². The van der Waals surface area contributed by atoms with Crippen LogP contribution < -0.4 is 20.5 Å². The minimum absolute atomic E-state index is 0.0312. The Hall–Kier alpha value is -4.73. The van der Waals surface area contributed by atoms with Crippen LogP contribution in [0.4, 0.5) is 8.78 Å². The van der Waals surface area contributed by atoms with Crippen molar-refractivity contribution in [2.45, 2.75) is 32.2 Å².